The molecule has 8 nitrogen and oxygen atoms in total. The van der Waals surface area contributed by atoms with Gasteiger partial charge in [-0.3, -0.25) is 4.79 Å². The number of hydrogen-bond donors (Lipinski definition) is 0. The molecule has 1 fully saturated rings. The molecule has 2 heterocycles. The van der Waals surface area contributed by atoms with Crippen LogP contribution in [0.1, 0.15) is 18.4 Å². The molecule has 1 aromatic heterocycles. The maximum absolute atomic E-state index is 12.7. The molecule has 0 aliphatic carbocycles. The first-order valence-corrected chi connectivity index (χ1v) is 7.98. The third-order valence-electron chi connectivity index (χ3n) is 4.04. The smallest absolute Gasteiger partial charge is 0.244 e. The Morgan fingerprint density at radius 3 is 3.04 bits per heavy atom. The first-order chi connectivity index (χ1) is 11.8. The zero-order chi connectivity index (χ0) is 16.8. The van der Waals surface area contributed by atoms with Crippen LogP contribution in [0.2, 0.25) is 0 Å². The summed E-state index contributed by atoms with van der Waals surface area (Å²) in [6.07, 6.45) is 3.53. The van der Waals surface area contributed by atoms with Crippen molar-refractivity contribution in [1.29, 1.82) is 0 Å². The second kappa shape index (κ2) is 7.87. The second-order valence-electron chi connectivity index (χ2n) is 5.73. The van der Waals surface area contributed by atoms with Crippen molar-refractivity contribution >= 4 is 5.91 Å². The van der Waals surface area contributed by atoms with Crippen molar-refractivity contribution < 1.29 is 14.3 Å². The first kappa shape index (κ1) is 16.4. The van der Waals surface area contributed by atoms with Crippen LogP contribution in [-0.2, 0) is 22.6 Å². The Labute approximate surface area is 140 Å². The second-order valence-corrected chi connectivity index (χ2v) is 5.73. The minimum absolute atomic E-state index is 0.0521. The molecule has 1 atom stereocenters. The molecule has 1 amide bonds. The van der Waals surface area contributed by atoms with Gasteiger partial charge < -0.3 is 14.4 Å². The van der Waals surface area contributed by atoms with Crippen molar-refractivity contribution in [1.82, 2.24) is 25.1 Å². The van der Waals surface area contributed by atoms with E-state index >= 15 is 0 Å². The number of methoxy groups -OCH3 is 1. The number of hydrogen-bond acceptors (Lipinski definition) is 6. The Morgan fingerprint density at radius 2 is 2.33 bits per heavy atom. The Bertz CT molecular complexity index is 655. The number of ether oxygens (including phenoxy) is 2. The molecule has 1 aliphatic heterocycles. The summed E-state index contributed by atoms with van der Waals surface area (Å²) in [6.45, 7) is 1.88. The van der Waals surface area contributed by atoms with Crippen LogP contribution in [0, 0.1) is 0 Å². The minimum Gasteiger partial charge on any atom is -0.496 e. The quantitative estimate of drug-likeness (QED) is 0.749. The summed E-state index contributed by atoms with van der Waals surface area (Å²) in [5.74, 6) is 0.716. The van der Waals surface area contributed by atoms with Crippen molar-refractivity contribution in [2.24, 2.45) is 0 Å². The number of para-hydroxylation sites is 1. The molecule has 2 aromatic rings. The molecule has 1 aromatic carbocycles. The average Bonchev–Trinajstić information content (AvgIpc) is 3.28. The van der Waals surface area contributed by atoms with E-state index in [0.717, 1.165) is 30.8 Å². The van der Waals surface area contributed by atoms with Crippen molar-refractivity contribution in [3.63, 3.8) is 0 Å². The molecular weight excluding hydrogens is 310 g/mol. The van der Waals surface area contributed by atoms with Crippen molar-refractivity contribution in [3.05, 3.63) is 36.2 Å². The van der Waals surface area contributed by atoms with E-state index in [1.807, 2.05) is 24.3 Å². The Morgan fingerprint density at radius 1 is 1.46 bits per heavy atom. The fourth-order valence-electron chi connectivity index (χ4n) is 2.82. The number of nitrogens with zero attached hydrogens (tertiary/aromatic N) is 5. The fraction of sp³-hybridized carbons (Fsp3) is 0.500. The SMILES string of the molecule is COc1ccccc1CN(CC1CCCO1)C(=O)Cn1cnnn1. The lowest BCUT2D eigenvalue weighted by Crippen LogP contribution is -2.39. The summed E-state index contributed by atoms with van der Waals surface area (Å²) in [4.78, 5) is 14.5. The normalized spacial score (nSPS) is 17.0. The van der Waals surface area contributed by atoms with E-state index < -0.39 is 0 Å². The number of carbonyl (C=O) groups excluding carboxylic acids is 1. The van der Waals surface area contributed by atoms with Crippen LogP contribution >= 0.6 is 0 Å². The van der Waals surface area contributed by atoms with Crippen LogP contribution in [0.25, 0.3) is 0 Å². The number of benzene rings is 1. The number of aromatic nitrogens is 4. The number of amides is 1. The van der Waals surface area contributed by atoms with Gasteiger partial charge in [-0.25, -0.2) is 4.68 Å². The highest BCUT2D eigenvalue weighted by Gasteiger charge is 2.24. The summed E-state index contributed by atoms with van der Waals surface area (Å²) in [7, 11) is 1.63. The summed E-state index contributed by atoms with van der Waals surface area (Å²) in [6, 6.07) is 7.71. The van der Waals surface area contributed by atoms with Crippen molar-refractivity contribution in [3.8, 4) is 5.75 Å². The molecule has 0 N–H and O–H groups in total. The van der Waals surface area contributed by atoms with Gasteiger partial charge >= 0.3 is 0 Å². The number of carbonyl (C=O) groups is 1. The molecule has 8 heteroatoms. The molecule has 0 saturated carbocycles. The maximum atomic E-state index is 12.7. The van der Waals surface area contributed by atoms with E-state index in [9.17, 15) is 4.79 Å². The lowest BCUT2D eigenvalue weighted by molar-refractivity contribution is -0.134. The standard InChI is InChI=1S/C16H21N5O3/c1-23-15-7-3-2-5-13(15)9-20(10-14-6-4-8-24-14)16(22)11-21-12-17-18-19-21/h2-3,5,7,12,14H,4,6,8-11H2,1H3. The van der Waals surface area contributed by atoms with E-state index in [-0.39, 0.29) is 18.6 Å². The lowest BCUT2D eigenvalue weighted by atomic mass is 10.1. The number of tetrazole rings is 1. The highest BCUT2D eigenvalue weighted by atomic mass is 16.5. The van der Waals surface area contributed by atoms with E-state index in [1.54, 1.807) is 12.0 Å². The molecule has 1 saturated heterocycles. The Balaban J connectivity index is 1.74. The summed E-state index contributed by atoms with van der Waals surface area (Å²) in [5, 5.41) is 10.9. The Hall–Kier alpha value is -2.48. The monoisotopic (exact) mass is 331 g/mol. The van der Waals surface area contributed by atoms with Crippen LogP contribution in [0.4, 0.5) is 0 Å². The van der Waals surface area contributed by atoms with Gasteiger partial charge in [-0.1, -0.05) is 18.2 Å². The molecule has 128 valence electrons. The largest absolute Gasteiger partial charge is 0.496 e. The van der Waals surface area contributed by atoms with Crippen LogP contribution in [0.3, 0.4) is 0 Å². The third-order valence-corrected chi connectivity index (χ3v) is 4.04. The van der Waals surface area contributed by atoms with Gasteiger partial charge in [0, 0.05) is 25.3 Å². The molecular formula is C16H21N5O3. The lowest BCUT2D eigenvalue weighted by Gasteiger charge is -2.26. The molecule has 24 heavy (non-hydrogen) atoms. The predicted octanol–water partition coefficient (Wildman–Crippen LogP) is 0.889. The van der Waals surface area contributed by atoms with Gasteiger partial charge in [-0.2, -0.15) is 0 Å². The molecule has 0 spiro atoms. The zero-order valence-electron chi connectivity index (χ0n) is 13.7. The number of rotatable bonds is 7. The van der Waals surface area contributed by atoms with Crippen LogP contribution in [0.15, 0.2) is 30.6 Å². The fourth-order valence-corrected chi connectivity index (χ4v) is 2.82. The van der Waals surface area contributed by atoms with Gasteiger partial charge in [0.2, 0.25) is 5.91 Å². The maximum Gasteiger partial charge on any atom is 0.244 e. The third kappa shape index (κ3) is 4.08. The van der Waals surface area contributed by atoms with Crippen LogP contribution in [0.5, 0.6) is 5.75 Å². The van der Waals surface area contributed by atoms with Gasteiger partial charge in [0.15, 0.2) is 0 Å². The van der Waals surface area contributed by atoms with Crippen LogP contribution in [-0.4, -0.2) is 57.4 Å². The summed E-state index contributed by atoms with van der Waals surface area (Å²) >= 11 is 0. The molecule has 1 unspecified atom stereocenters. The van der Waals surface area contributed by atoms with E-state index in [1.165, 1.54) is 11.0 Å². The highest BCUT2D eigenvalue weighted by molar-refractivity contribution is 5.76. The minimum atomic E-state index is -0.0521. The molecule has 3 rings (SSSR count). The van der Waals surface area contributed by atoms with Gasteiger partial charge in [0.1, 0.15) is 18.6 Å². The molecule has 0 radical (unpaired) electrons. The zero-order valence-corrected chi connectivity index (χ0v) is 13.7. The van der Waals surface area contributed by atoms with Crippen LogP contribution < -0.4 is 4.74 Å². The predicted molar refractivity (Wildman–Crippen MR) is 85.2 cm³/mol. The molecule has 0 bridgehead atoms. The van der Waals surface area contributed by atoms with E-state index in [2.05, 4.69) is 15.5 Å². The van der Waals surface area contributed by atoms with Crippen molar-refractivity contribution in [2.45, 2.75) is 32.0 Å². The highest BCUT2D eigenvalue weighted by Crippen LogP contribution is 2.21. The Kier molecular flexibility index (Phi) is 5.37. The van der Waals surface area contributed by atoms with Crippen molar-refractivity contribution in [2.75, 3.05) is 20.3 Å². The van der Waals surface area contributed by atoms with Gasteiger partial charge in [0.05, 0.1) is 13.2 Å². The summed E-state index contributed by atoms with van der Waals surface area (Å²) in [5.41, 5.74) is 0.961. The van der Waals surface area contributed by atoms with E-state index in [0.29, 0.717) is 13.1 Å². The molecule has 1 aliphatic rings. The first-order valence-electron chi connectivity index (χ1n) is 7.98. The summed E-state index contributed by atoms with van der Waals surface area (Å²) < 4.78 is 12.5. The van der Waals surface area contributed by atoms with Gasteiger partial charge in [-0.15, -0.1) is 5.10 Å². The van der Waals surface area contributed by atoms with E-state index in [4.69, 9.17) is 9.47 Å². The van der Waals surface area contributed by atoms with Gasteiger partial charge in [-0.05, 0) is 29.3 Å². The van der Waals surface area contributed by atoms with Gasteiger partial charge in [0.25, 0.3) is 0 Å². The average molecular weight is 331 g/mol. The topological polar surface area (TPSA) is 82.4 Å².